The van der Waals surface area contributed by atoms with Crippen LogP contribution in [0.5, 0.6) is 0 Å². The van der Waals surface area contributed by atoms with Crippen LogP contribution in [0.4, 0.5) is 0 Å². The van der Waals surface area contributed by atoms with E-state index >= 15 is 0 Å². The van der Waals surface area contributed by atoms with E-state index < -0.39 is 5.92 Å². The molecule has 0 N–H and O–H groups in total. The van der Waals surface area contributed by atoms with Gasteiger partial charge in [0.1, 0.15) is 5.92 Å². The summed E-state index contributed by atoms with van der Waals surface area (Å²) in [6.45, 7) is 1.83. The van der Waals surface area contributed by atoms with E-state index in [0.717, 1.165) is 31.5 Å². The topological polar surface area (TPSA) is 44.1 Å². The summed E-state index contributed by atoms with van der Waals surface area (Å²) >= 11 is 0. The zero-order valence-electron chi connectivity index (χ0n) is 10.7. The highest BCUT2D eigenvalue weighted by atomic mass is 16.1. The fourth-order valence-corrected chi connectivity index (χ4v) is 2.58. The van der Waals surface area contributed by atoms with Gasteiger partial charge in [-0.25, -0.2) is 0 Å². The molecule has 0 aliphatic carbocycles. The fourth-order valence-electron chi connectivity index (χ4n) is 2.58. The fraction of sp³-hybridized carbons (Fsp3) is 0.467. The number of rotatable bonds is 3. The molecule has 2 atom stereocenters. The Bertz CT molecular complexity index is 449. The third-order valence-corrected chi connectivity index (χ3v) is 3.57. The molecule has 0 spiro atoms. The van der Waals surface area contributed by atoms with Crippen molar-refractivity contribution in [1.29, 1.82) is 5.26 Å². The van der Waals surface area contributed by atoms with Crippen molar-refractivity contribution in [1.82, 2.24) is 4.90 Å². The lowest BCUT2D eigenvalue weighted by molar-refractivity contribution is -0.124. The Labute approximate surface area is 108 Å². The number of ketones is 1. The average Bonchev–Trinajstić information content (AvgIpc) is 2.41. The van der Waals surface area contributed by atoms with Gasteiger partial charge in [0.05, 0.1) is 6.07 Å². The highest BCUT2D eigenvalue weighted by Crippen LogP contribution is 2.25. The van der Waals surface area contributed by atoms with Gasteiger partial charge in [0.25, 0.3) is 0 Å². The van der Waals surface area contributed by atoms with Gasteiger partial charge in [-0.15, -0.1) is 0 Å². The maximum atomic E-state index is 12.4. The molecule has 1 heterocycles. The van der Waals surface area contributed by atoms with E-state index in [2.05, 4.69) is 11.0 Å². The molecule has 3 nitrogen and oxygen atoms in total. The first kappa shape index (κ1) is 12.8. The number of nitrogens with zero attached hydrogens (tertiary/aromatic N) is 2. The van der Waals surface area contributed by atoms with E-state index in [9.17, 15) is 10.1 Å². The van der Waals surface area contributed by atoms with Crippen molar-refractivity contribution < 1.29 is 4.79 Å². The van der Waals surface area contributed by atoms with Gasteiger partial charge in [-0.3, -0.25) is 4.79 Å². The molecule has 1 aromatic carbocycles. The van der Waals surface area contributed by atoms with Gasteiger partial charge >= 0.3 is 0 Å². The number of hydrogen-bond acceptors (Lipinski definition) is 3. The summed E-state index contributed by atoms with van der Waals surface area (Å²) in [4.78, 5) is 14.6. The Morgan fingerprint density at radius 2 is 2.17 bits per heavy atom. The van der Waals surface area contributed by atoms with Crippen LogP contribution in [0.1, 0.15) is 24.3 Å². The van der Waals surface area contributed by atoms with E-state index in [1.165, 1.54) is 0 Å². The molecule has 2 rings (SSSR count). The summed E-state index contributed by atoms with van der Waals surface area (Å²) in [5.41, 5.74) is 0.818. The second-order valence-electron chi connectivity index (χ2n) is 4.98. The van der Waals surface area contributed by atoms with E-state index in [4.69, 9.17) is 0 Å². The molecular formula is C15H18N2O. The lowest BCUT2D eigenvalue weighted by Gasteiger charge is -2.29. The minimum absolute atomic E-state index is 0.00797. The molecule has 94 valence electrons. The molecule has 18 heavy (non-hydrogen) atoms. The number of nitriles is 1. The van der Waals surface area contributed by atoms with Crippen molar-refractivity contribution in [3.05, 3.63) is 35.9 Å². The highest BCUT2D eigenvalue weighted by molar-refractivity contribution is 5.90. The highest BCUT2D eigenvalue weighted by Gasteiger charge is 2.30. The minimum Gasteiger partial charge on any atom is -0.306 e. The van der Waals surface area contributed by atoms with Gasteiger partial charge in [0.15, 0.2) is 5.78 Å². The summed E-state index contributed by atoms with van der Waals surface area (Å²) in [6, 6.07) is 11.5. The first-order valence-corrected chi connectivity index (χ1v) is 6.39. The minimum atomic E-state index is -0.609. The normalized spacial score (nSPS) is 22.1. The molecule has 0 saturated carbocycles. The van der Waals surface area contributed by atoms with Crippen LogP contribution < -0.4 is 0 Å². The maximum absolute atomic E-state index is 12.4. The van der Waals surface area contributed by atoms with E-state index in [1.807, 2.05) is 37.4 Å². The second-order valence-corrected chi connectivity index (χ2v) is 4.98. The van der Waals surface area contributed by atoms with Gasteiger partial charge < -0.3 is 4.90 Å². The van der Waals surface area contributed by atoms with Gasteiger partial charge in [0.2, 0.25) is 0 Å². The van der Waals surface area contributed by atoms with E-state index in [-0.39, 0.29) is 11.7 Å². The molecule has 1 fully saturated rings. The molecule has 3 heteroatoms. The second kappa shape index (κ2) is 5.79. The number of piperidine rings is 1. The van der Waals surface area contributed by atoms with Crippen LogP contribution in [0.3, 0.4) is 0 Å². The Hall–Kier alpha value is -1.66. The van der Waals surface area contributed by atoms with Crippen LogP contribution in [0.15, 0.2) is 30.3 Å². The Kier molecular flexibility index (Phi) is 4.11. The first-order valence-electron chi connectivity index (χ1n) is 6.39. The molecule has 1 aromatic rings. The van der Waals surface area contributed by atoms with Crippen molar-refractivity contribution >= 4 is 5.78 Å². The summed E-state index contributed by atoms with van der Waals surface area (Å²) in [7, 11) is 2.03. The van der Waals surface area contributed by atoms with Crippen LogP contribution in [-0.4, -0.2) is 30.8 Å². The Morgan fingerprint density at radius 1 is 1.44 bits per heavy atom. The summed E-state index contributed by atoms with van der Waals surface area (Å²) in [6.07, 6.45) is 1.95. The third-order valence-electron chi connectivity index (χ3n) is 3.57. The number of benzene rings is 1. The summed E-state index contributed by atoms with van der Waals surface area (Å²) < 4.78 is 0. The molecule has 1 aliphatic rings. The van der Waals surface area contributed by atoms with Crippen molar-refractivity contribution in [2.45, 2.75) is 18.8 Å². The van der Waals surface area contributed by atoms with Crippen LogP contribution in [0, 0.1) is 17.2 Å². The molecular weight excluding hydrogens is 224 g/mol. The molecule has 0 aromatic heterocycles. The number of hydrogen-bond donors (Lipinski definition) is 0. The molecule has 1 saturated heterocycles. The largest absolute Gasteiger partial charge is 0.306 e. The van der Waals surface area contributed by atoms with Gasteiger partial charge in [-0.1, -0.05) is 30.3 Å². The number of carbonyl (C=O) groups excluding carboxylic acids is 1. The van der Waals surface area contributed by atoms with Gasteiger partial charge in [-0.05, 0) is 32.0 Å². The van der Waals surface area contributed by atoms with Crippen molar-refractivity contribution in [3.63, 3.8) is 0 Å². The predicted molar refractivity (Wildman–Crippen MR) is 70.0 cm³/mol. The maximum Gasteiger partial charge on any atom is 0.158 e. The van der Waals surface area contributed by atoms with Crippen LogP contribution in [0.25, 0.3) is 0 Å². The third kappa shape index (κ3) is 2.77. The van der Waals surface area contributed by atoms with Crippen LogP contribution >= 0.6 is 0 Å². The summed E-state index contributed by atoms with van der Waals surface area (Å²) in [5, 5.41) is 9.26. The van der Waals surface area contributed by atoms with Gasteiger partial charge in [0, 0.05) is 12.5 Å². The molecule has 0 bridgehead atoms. The van der Waals surface area contributed by atoms with Gasteiger partial charge in [-0.2, -0.15) is 5.26 Å². The quantitative estimate of drug-likeness (QED) is 0.816. The number of carbonyl (C=O) groups is 1. The lowest BCUT2D eigenvalue weighted by Crippen LogP contribution is -2.37. The number of likely N-dealkylation sites (tertiary alicyclic amines) is 1. The Morgan fingerprint density at radius 3 is 2.78 bits per heavy atom. The number of Topliss-reactive ketones (excluding diaryl/α,β-unsaturated/α-hetero) is 1. The molecule has 0 unspecified atom stereocenters. The lowest BCUT2D eigenvalue weighted by atomic mass is 9.84. The van der Waals surface area contributed by atoms with E-state index in [1.54, 1.807) is 0 Å². The monoisotopic (exact) mass is 242 g/mol. The zero-order chi connectivity index (χ0) is 13.0. The molecule has 0 radical (unpaired) electrons. The standard InChI is InChI=1S/C15H18N2O/c1-17-9-5-8-13(11-17)15(18)14(10-16)12-6-3-2-4-7-12/h2-4,6-7,13-14H,5,8-9,11H2,1H3/t13-,14-/m0/s1. The SMILES string of the molecule is CN1CCC[C@H](C(=O)[C@@H](C#N)c2ccccc2)C1. The molecule has 0 amide bonds. The van der Waals surface area contributed by atoms with E-state index in [0.29, 0.717) is 0 Å². The van der Waals surface area contributed by atoms with Crippen molar-refractivity contribution in [2.75, 3.05) is 20.1 Å². The first-order chi connectivity index (χ1) is 8.72. The van der Waals surface area contributed by atoms with Crippen LogP contribution in [-0.2, 0) is 4.79 Å². The van der Waals surface area contributed by atoms with Crippen LogP contribution in [0.2, 0.25) is 0 Å². The summed E-state index contributed by atoms with van der Waals surface area (Å²) in [5.74, 6) is -0.522. The molecule has 1 aliphatic heterocycles. The average molecular weight is 242 g/mol. The Balaban J connectivity index is 2.14. The predicted octanol–water partition coefficient (Wildman–Crippen LogP) is 2.20. The van der Waals surface area contributed by atoms with Crippen molar-refractivity contribution in [2.24, 2.45) is 5.92 Å². The van der Waals surface area contributed by atoms with Crippen molar-refractivity contribution in [3.8, 4) is 6.07 Å². The smallest absolute Gasteiger partial charge is 0.158 e. The zero-order valence-corrected chi connectivity index (χ0v) is 10.7.